The Morgan fingerprint density at radius 3 is 2.08 bits per heavy atom. The van der Waals surface area contributed by atoms with Gasteiger partial charge in [0.05, 0.1) is 87.1 Å². The van der Waals surface area contributed by atoms with E-state index in [0.29, 0.717) is 39.9 Å². The summed E-state index contributed by atoms with van der Waals surface area (Å²) < 4.78 is 15.6. The molecule has 5 atom stereocenters. The topological polar surface area (TPSA) is 149 Å². The quantitative estimate of drug-likeness (QED) is 0.158. The van der Waals surface area contributed by atoms with Crippen LogP contribution in [-0.4, -0.2) is 81.9 Å². The van der Waals surface area contributed by atoms with E-state index in [4.69, 9.17) is 9.47 Å². The first-order valence-electron chi connectivity index (χ1n) is 22.2. The van der Waals surface area contributed by atoms with E-state index in [2.05, 4.69) is 42.3 Å². The zero-order valence-electron chi connectivity index (χ0n) is 36.8. The Bertz CT molecular complexity index is 3120. The Labute approximate surface area is 376 Å². The van der Waals surface area contributed by atoms with Crippen molar-refractivity contribution in [2.24, 2.45) is 5.92 Å². The molecule has 0 bridgehead atoms. The lowest BCUT2D eigenvalue weighted by Crippen LogP contribution is -2.52. The number of amides is 2. The number of methoxy groups -OCH3 is 1. The van der Waals surface area contributed by atoms with Crippen molar-refractivity contribution in [1.82, 2.24) is 24.5 Å². The zero-order chi connectivity index (χ0) is 45.2. The minimum Gasteiger partial charge on any atom is -0.497 e. The number of anilines is 1. The molecule has 65 heavy (non-hydrogen) atoms. The van der Waals surface area contributed by atoms with Gasteiger partial charge in [-0.2, -0.15) is 19.6 Å². The molecule has 3 aliphatic heterocycles. The lowest BCUT2D eigenvalue weighted by molar-refractivity contribution is -0.150. The van der Waals surface area contributed by atoms with Crippen LogP contribution in [-0.2, 0) is 26.5 Å². The average molecular weight is 887 g/mol. The Balaban J connectivity index is 1.09. The number of hydrogen-bond acceptors (Lipinski definition) is 9. The summed E-state index contributed by atoms with van der Waals surface area (Å²) in [5.74, 6) is -0.0713. The van der Waals surface area contributed by atoms with Crippen molar-refractivity contribution >= 4 is 52.3 Å². The minimum atomic E-state index is -2.63. The van der Waals surface area contributed by atoms with E-state index in [1.165, 1.54) is 9.36 Å². The highest BCUT2D eigenvalue weighted by Crippen LogP contribution is 2.60. The molecular weight excluding hydrogens is 837 g/mol. The second-order valence-electron chi connectivity index (χ2n) is 18.1. The fraction of sp³-hybridized carbons (Fsp3) is 0.294. The molecule has 3 aliphatic rings. The summed E-state index contributed by atoms with van der Waals surface area (Å²) in [7, 11) is -0.996. The number of carbonyl (C=O) groups excluding carboxylic acids is 2. The summed E-state index contributed by atoms with van der Waals surface area (Å²) in [4.78, 5) is 61.1. The molecule has 14 heteroatoms. The second-order valence-corrected chi connectivity index (χ2v) is 22.8. The predicted octanol–water partition coefficient (Wildman–Crippen LogP) is 6.23. The molecule has 1 N–H and O–H groups in total. The maximum Gasteiger partial charge on any atom is 0.279 e. The zero-order valence-corrected chi connectivity index (χ0v) is 37.8. The molecule has 13 nitrogen and oxygen atoms in total. The third-order valence-electron chi connectivity index (χ3n) is 14.3. The number of aliphatic hydroxyl groups excluding tert-OH is 1. The number of fused-ring (bicyclic) bond motifs is 4. The summed E-state index contributed by atoms with van der Waals surface area (Å²) in [6.45, 7) is 7.23. The van der Waals surface area contributed by atoms with Crippen molar-refractivity contribution in [3.63, 3.8) is 0 Å². The van der Waals surface area contributed by atoms with Gasteiger partial charge in [0.2, 0.25) is 5.91 Å². The first-order valence-corrected chi connectivity index (χ1v) is 25.3. The highest BCUT2D eigenvalue weighted by atomic mass is 28.3. The van der Waals surface area contributed by atoms with Crippen LogP contribution in [0.2, 0.25) is 18.6 Å². The molecule has 7 aromatic rings. The Hall–Kier alpha value is -6.74. The van der Waals surface area contributed by atoms with Crippen molar-refractivity contribution < 1.29 is 24.2 Å². The van der Waals surface area contributed by atoms with E-state index < -0.39 is 25.7 Å². The van der Waals surface area contributed by atoms with Crippen LogP contribution in [0.4, 0.5) is 5.69 Å². The smallest absolute Gasteiger partial charge is 0.279 e. The molecule has 0 radical (unpaired) electrons. The van der Waals surface area contributed by atoms with Gasteiger partial charge in [-0.1, -0.05) is 85.9 Å². The number of benzene rings is 5. The van der Waals surface area contributed by atoms with Gasteiger partial charge >= 0.3 is 0 Å². The summed E-state index contributed by atoms with van der Waals surface area (Å²) in [6.07, 6.45) is 4.25. The molecule has 10 rings (SSSR count). The van der Waals surface area contributed by atoms with Gasteiger partial charge in [0.15, 0.2) is 5.60 Å². The van der Waals surface area contributed by atoms with Crippen molar-refractivity contribution in [3.05, 3.63) is 159 Å². The Kier molecular flexibility index (Phi) is 10.6. The summed E-state index contributed by atoms with van der Waals surface area (Å²) >= 11 is 0. The molecule has 5 aromatic carbocycles. The van der Waals surface area contributed by atoms with Crippen LogP contribution in [0.25, 0.3) is 32.9 Å². The lowest BCUT2D eigenvalue weighted by Gasteiger charge is -2.37. The standard InChI is InChI=1S/C51H50N6O7Si/c1-32-47(65(3,4)40-22-20-39(63-2)21-23-40)45(27-46(59)54-25-9-12-38(54)31-58)64-51(32)43-26-37(57-49(61)42-14-8-6-11-35(42)29-53-57)19-24-44(43)55(50(51)62)30-33-15-17-36(18-16-33)56-48(60)41-13-7-5-10-34(41)28-52-56/h5-8,10-11,13-24,26,28-29,32,38,45,47,58H,9,12,25,27,30-31H2,1-4H3/t32-,38+,45+,47-,51+/m1/s1. The van der Waals surface area contributed by atoms with Crippen LogP contribution in [0, 0.1) is 5.92 Å². The van der Waals surface area contributed by atoms with Gasteiger partial charge in [0.25, 0.3) is 17.0 Å². The molecule has 0 unspecified atom stereocenters. The SMILES string of the molecule is COc1ccc([Si](C)(C)[C@H]2[C@H](CC(=O)N3CCC[C@H]3CO)O[C@@]3(C(=O)N(Cc4ccc(-n5ncc6ccccc6c5=O)cc4)c4ccc(-n5ncc6ccccc6c5=O)cc43)[C@@H]2C)cc1. The summed E-state index contributed by atoms with van der Waals surface area (Å²) in [5, 5.41) is 22.9. The third kappa shape index (κ3) is 6.89. The molecule has 330 valence electrons. The molecule has 2 amide bonds. The second kappa shape index (κ2) is 16.4. The largest absolute Gasteiger partial charge is 0.497 e. The molecule has 0 aliphatic carbocycles. The summed E-state index contributed by atoms with van der Waals surface area (Å²) in [6, 6.07) is 35.4. The van der Waals surface area contributed by atoms with Gasteiger partial charge in [-0.3, -0.25) is 19.2 Å². The van der Waals surface area contributed by atoms with Gasteiger partial charge in [-0.05, 0) is 78.5 Å². The first kappa shape index (κ1) is 42.2. The number of carbonyl (C=O) groups is 2. The number of aromatic nitrogens is 4. The van der Waals surface area contributed by atoms with E-state index in [1.54, 1.807) is 47.5 Å². The van der Waals surface area contributed by atoms with Crippen LogP contribution in [0.15, 0.2) is 137 Å². The summed E-state index contributed by atoms with van der Waals surface area (Å²) in [5.41, 5.74) is 0.807. The van der Waals surface area contributed by atoms with Crippen molar-refractivity contribution in [2.45, 2.75) is 69.1 Å². The fourth-order valence-corrected chi connectivity index (χ4v) is 14.9. The van der Waals surface area contributed by atoms with Crippen molar-refractivity contribution in [3.8, 4) is 17.1 Å². The number of likely N-dealkylation sites (tertiary alicyclic amines) is 1. The molecule has 1 spiro atoms. The van der Waals surface area contributed by atoms with Crippen molar-refractivity contribution in [2.75, 3.05) is 25.2 Å². The van der Waals surface area contributed by atoms with Crippen LogP contribution < -0.4 is 25.9 Å². The Morgan fingerprint density at radius 2 is 1.45 bits per heavy atom. The normalized spacial score (nSPS) is 21.8. The fourth-order valence-electron chi connectivity index (χ4n) is 10.9. The van der Waals surface area contributed by atoms with Gasteiger partial charge < -0.3 is 24.4 Å². The first-order chi connectivity index (χ1) is 31.4. The van der Waals surface area contributed by atoms with Gasteiger partial charge in [0, 0.05) is 28.8 Å². The molecule has 2 aromatic heterocycles. The number of aliphatic hydroxyl groups is 1. The van der Waals surface area contributed by atoms with E-state index in [9.17, 15) is 19.5 Å². The van der Waals surface area contributed by atoms with E-state index in [0.717, 1.165) is 40.1 Å². The third-order valence-corrected chi connectivity index (χ3v) is 18.6. The maximum atomic E-state index is 15.8. The molecule has 2 fully saturated rings. The van der Waals surface area contributed by atoms with E-state index >= 15 is 4.79 Å². The molecule has 5 heterocycles. The number of hydrogen-bond donors (Lipinski definition) is 1. The van der Waals surface area contributed by atoms with E-state index in [1.807, 2.05) is 84.9 Å². The molecular formula is C51H50N6O7Si. The highest BCUT2D eigenvalue weighted by Gasteiger charge is 2.66. The predicted molar refractivity (Wildman–Crippen MR) is 252 cm³/mol. The number of rotatable bonds is 10. The maximum absolute atomic E-state index is 15.8. The van der Waals surface area contributed by atoms with Gasteiger partial charge in [-0.15, -0.1) is 0 Å². The monoisotopic (exact) mass is 886 g/mol. The van der Waals surface area contributed by atoms with E-state index in [-0.39, 0.29) is 54.1 Å². The number of nitrogens with zero attached hydrogens (tertiary/aromatic N) is 6. The van der Waals surface area contributed by atoms with Crippen LogP contribution in [0.3, 0.4) is 0 Å². The highest BCUT2D eigenvalue weighted by molar-refractivity contribution is 6.91. The van der Waals surface area contributed by atoms with Gasteiger partial charge in [0.1, 0.15) is 5.75 Å². The molecule has 2 saturated heterocycles. The Morgan fingerprint density at radius 1 is 0.831 bits per heavy atom. The van der Waals surface area contributed by atoms with Crippen LogP contribution >= 0.6 is 0 Å². The van der Waals surface area contributed by atoms with Crippen LogP contribution in [0.1, 0.15) is 37.3 Å². The van der Waals surface area contributed by atoms with Crippen molar-refractivity contribution in [1.29, 1.82) is 0 Å². The minimum absolute atomic E-state index is 0.0392. The van der Waals surface area contributed by atoms with Crippen LogP contribution in [0.5, 0.6) is 5.75 Å². The average Bonchev–Trinajstić information content (AvgIpc) is 4.00. The lowest BCUT2D eigenvalue weighted by atomic mass is 9.82. The molecule has 0 saturated carbocycles. The van der Waals surface area contributed by atoms with Gasteiger partial charge in [-0.25, -0.2) is 0 Å². The number of ether oxygens (including phenoxy) is 2.